The van der Waals surface area contributed by atoms with Crippen LogP contribution in [0.15, 0.2) is 0 Å². The number of carbonyl (C=O) groups is 1. The van der Waals surface area contributed by atoms with Crippen molar-refractivity contribution in [2.24, 2.45) is 5.73 Å². The van der Waals surface area contributed by atoms with E-state index in [0.717, 1.165) is 45.6 Å². The Hall–Kier alpha value is -0.650. The third-order valence-corrected chi connectivity index (χ3v) is 4.96. The van der Waals surface area contributed by atoms with Crippen LogP contribution < -0.4 is 5.73 Å². The van der Waals surface area contributed by atoms with E-state index in [1.165, 1.54) is 19.3 Å². The van der Waals surface area contributed by atoms with Crippen molar-refractivity contribution in [1.29, 1.82) is 0 Å². The Kier molecular flexibility index (Phi) is 6.45. The molecule has 1 aliphatic heterocycles. The zero-order valence-electron chi connectivity index (χ0n) is 13.8. The molecule has 0 aromatic rings. The molecule has 1 saturated heterocycles. The fraction of sp³-hybridized carbons (Fsp3) is 0.938. The van der Waals surface area contributed by atoms with Crippen molar-refractivity contribution < 1.29 is 4.79 Å². The van der Waals surface area contributed by atoms with Crippen LogP contribution in [0.3, 0.4) is 0 Å². The van der Waals surface area contributed by atoms with Crippen molar-refractivity contribution in [3.05, 3.63) is 0 Å². The van der Waals surface area contributed by atoms with Crippen molar-refractivity contribution in [1.82, 2.24) is 14.7 Å². The highest BCUT2D eigenvalue weighted by Crippen LogP contribution is 2.25. The van der Waals surface area contributed by atoms with Crippen molar-refractivity contribution in [2.45, 2.75) is 51.1 Å². The summed E-state index contributed by atoms with van der Waals surface area (Å²) in [6.45, 7) is 7.86. The monoisotopic (exact) mass is 296 g/mol. The summed E-state index contributed by atoms with van der Waals surface area (Å²) in [6.07, 6.45) is 5.78. The Morgan fingerprint density at radius 1 is 1.29 bits per heavy atom. The lowest BCUT2D eigenvalue weighted by atomic mass is 10.1. The number of likely N-dealkylation sites (N-methyl/N-ethyl adjacent to an activating group) is 1. The van der Waals surface area contributed by atoms with Crippen LogP contribution in [-0.2, 0) is 4.79 Å². The van der Waals surface area contributed by atoms with E-state index in [-0.39, 0.29) is 0 Å². The molecule has 0 aromatic heterocycles. The maximum Gasteiger partial charge on any atom is 0.236 e. The summed E-state index contributed by atoms with van der Waals surface area (Å²) in [5.41, 5.74) is 5.72. The second-order valence-corrected chi connectivity index (χ2v) is 6.54. The highest BCUT2D eigenvalue weighted by atomic mass is 16.2. The Labute approximate surface area is 129 Å². The van der Waals surface area contributed by atoms with E-state index in [1.54, 1.807) is 0 Å². The molecule has 0 aromatic carbocycles. The average Bonchev–Trinajstić information content (AvgIpc) is 3.31. The van der Waals surface area contributed by atoms with E-state index in [1.807, 2.05) is 11.9 Å². The molecule has 2 aliphatic rings. The first-order valence-electron chi connectivity index (χ1n) is 8.57. The van der Waals surface area contributed by atoms with Gasteiger partial charge in [-0.2, -0.15) is 0 Å². The SMILES string of the molecule is CCC(CCN)N1CCCN(CC(=O)N(C)C2CC2)CC1. The first kappa shape index (κ1) is 16.7. The van der Waals surface area contributed by atoms with E-state index in [0.29, 0.717) is 24.5 Å². The van der Waals surface area contributed by atoms with Crippen molar-refractivity contribution in [3.63, 3.8) is 0 Å². The molecule has 0 radical (unpaired) electrons. The molecule has 1 unspecified atom stereocenters. The lowest BCUT2D eigenvalue weighted by molar-refractivity contribution is -0.131. The molecule has 2 N–H and O–H groups in total. The van der Waals surface area contributed by atoms with E-state index >= 15 is 0 Å². The van der Waals surface area contributed by atoms with Gasteiger partial charge in [0.2, 0.25) is 5.91 Å². The number of hydrogen-bond donors (Lipinski definition) is 1. The maximum atomic E-state index is 12.2. The lowest BCUT2D eigenvalue weighted by Gasteiger charge is -2.29. The molecule has 0 spiro atoms. The van der Waals surface area contributed by atoms with Crippen LogP contribution in [0.25, 0.3) is 0 Å². The molecule has 1 atom stereocenters. The van der Waals surface area contributed by atoms with E-state index in [2.05, 4.69) is 16.7 Å². The molecule has 0 bridgehead atoms. The minimum absolute atomic E-state index is 0.292. The van der Waals surface area contributed by atoms with Gasteiger partial charge >= 0.3 is 0 Å². The highest BCUT2D eigenvalue weighted by Gasteiger charge is 2.30. The molecule has 5 nitrogen and oxygen atoms in total. The van der Waals surface area contributed by atoms with Gasteiger partial charge < -0.3 is 10.6 Å². The predicted octanol–water partition coefficient (Wildman–Crippen LogP) is 0.742. The van der Waals surface area contributed by atoms with Gasteiger partial charge in [0.1, 0.15) is 0 Å². The van der Waals surface area contributed by atoms with Crippen molar-refractivity contribution in [3.8, 4) is 0 Å². The molecule has 2 fully saturated rings. The zero-order valence-corrected chi connectivity index (χ0v) is 13.8. The Balaban J connectivity index is 1.78. The van der Waals surface area contributed by atoms with Crippen LogP contribution in [-0.4, -0.2) is 79.0 Å². The molecule has 1 heterocycles. The van der Waals surface area contributed by atoms with Crippen molar-refractivity contribution >= 4 is 5.91 Å². The standard InChI is InChI=1S/C16H32N4O/c1-3-14(7-8-17)20-10-4-9-19(11-12-20)13-16(21)18(2)15-5-6-15/h14-15H,3-13,17H2,1-2H3. The van der Waals surface area contributed by atoms with E-state index in [4.69, 9.17) is 5.73 Å². The second kappa shape index (κ2) is 8.11. The van der Waals surface area contributed by atoms with Gasteiger partial charge in [-0.15, -0.1) is 0 Å². The van der Waals surface area contributed by atoms with Crippen molar-refractivity contribution in [2.75, 3.05) is 46.3 Å². The van der Waals surface area contributed by atoms with Gasteiger partial charge in [0.05, 0.1) is 6.54 Å². The highest BCUT2D eigenvalue weighted by molar-refractivity contribution is 5.78. The molecule has 122 valence electrons. The number of nitrogens with two attached hydrogens (primary N) is 1. The summed E-state index contributed by atoms with van der Waals surface area (Å²) in [5, 5.41) is 0. The molecule has 1 amide bonds. The number of nitrogens with zero attached hydrogens (tertiary/aromatic N) is 3. The first-order chi connectivity index (χ1) is 10.2. The molecular formula is C16H32N4O. The largest absolute Gasteiger partial charge is 0.342 e. The summed E-state index contributed by atoms with van der Waals surface area (Å²) in [6, 6.07) is 1.13. The fourth-order valence-electron chi connectivity index (χ4n) is 3.32. The van der Waals surface area contributed by atoms with Crippen LogP contribution in [0.5, 0.6) is 0 Å². The van der Waals surface area contributed by atoms with Gasteiger partial charge in [0.25, 0.3) is 0 Å². The molecule has 1 saturated carbocycles. The maximum absolute atomic E-state index is 12.2. The number of carbonyl (C=O) groups excluding carboxylic acids is 1. The average molecular weight is 296 g/mol. The Bertz CT molecular complexity index is 332. The molecular weight excluding hydrogens is 264 g/mol. The van der Waals surface area contributed by atoms with Gasteiger partial charge in [-0.25, -0.2) is 0 Å². The molecule has 2 rings (SSSR count). The molecule has 5 heteroatoms. The Morgan fingerprint density at radius 2 is 2.05 bits per heavy atom. The van der Waals surface area contributed by atoms with Gasteiger partial charge in [0, 0.05) is 32.2 Å². The minimum Gasteiger partial charge on any atom is -0.342 e. The summed E-state index contributed by atoms with van der Waals surface area (Å²) in [4.78, 5) is 19.1. The zero-order chi connectivity index (χ0) is 15.2. The Morgan fingerprint density at radius 3 is 2.67 bits per heavy atom. The fourth-order valence-corrected chi connectivity index (χ4v) is 3.32. The van der Waals surface area contributed by atoms with Crippen LogP contribution in [0.2, 0.25) is 0 Å². The minimum atomic E-state index is 0.292. The van der Waals surface area contributed by atoms with Gasteiger partial charge in [0.15, 0.2) is 0 Å². The van der Waals surface area contributed by atoms with Crippen LogP contribution >= 0.6 is 0 Å². The lowest BCUT2D eigenvalue weighted by Crippen LogP contribution is -2.42. The van der Waals surface area contributed by atoms with Gasteiger partial charge in [-0.05, 0) is 51.7 Å². The normalized spacial score (nSPS) is 22.8. The topological polar surface area (TPSA) is 52.8 Å². The van der Waals surface area contributed by atoms with E-state index in [9.17, 15) is 4.79 Å². The third-order valence-electron chi connectivity index (χ3n) is 4.96. The molecule has 21 heavy (non-hydrogen) atoms. The second-order valence-electron chi connectivity index (χ2n) is 6.54. The summed E-state index contributed by atoms with van der Waals surface area (Å²) in [7, 11) is 1.96. The van der Waals surface area contributed by atoms with Crippen LogP contribution in [0.1, 0.15) is 39.0 Å². The number of amides is 1. The summed E-state index contributed by atoms with van der Waals surface area (Å²) >= 11 is 0. The number of hydrogen-bond acceptors (Lipinski definition) is 4. The quantitative estimate of drug-likeness (QED) is 0.753. The summed E-state index contributed by atoms with van der Waals surface area (Å²) in [5.74, 6) is 0.292. The third kappa shape index (κ3) is 4.94. The van der Waals surface area contributed by atoms with Gasteiger partial charge in [-0.1, -0.05) is 6.92 Å². The summed E-state index contributed by atoms with van der Waals surface area (Å²) < 4.78 is 0. The van der Waals surface area contributed by atoms with Crippen LogP contribution in [0, 0.1) is 0 Å². The number of rotatable bonds is 7. The van der Waals surface area contributed by atoms with Gasteiger partial charge in [-0.3, -0.25) is 14.6 Å². The first-order valence-corrected chi connectivity index (χ1v) is 8.57. The van der Waals surface area contributed by atoms with E-state index < -0.39 is 0 Å². The smallest absolute Gasteiger partial charge is 0.236 e. The van der Waals surface area contributed by atoms with Crippen LogP contribution in [0.4, 0.5) is 0 Å². The molecule has 1 aliphatic carbocycles. The predicted molar refractivity (Wildman–Crippen MR) is 86.2 cm³/mol.